The van der Waals surface area contributed by atoms with Crippen molar-refractivity contribution >= 4 is 28.9 Å². The molecule has 0 aromatic rings. The van der Waals surface area contributed by atoms with Gasteiger partial charge >= 0.3 is 0 Å². The summed E-state index contributed by atoms with van der Waals surface area (Å²) >= 11 is 5.11. The highest BCUT2D eigenvalue weighted by Gasteiger charge is 2.24. The lowest BCUT2D eigenvalue weighted by atomic mass is 9.96. The first-order valence-electron chi connectivity index (χ1n) is 6.17. The van der Waals surface area contributed by atoms with Crippen LogP contribution in [0.1, 0.15) is 13.3 Å². The number of nitrogens with one attached hydrogen (secondary N) is 1. The highest BCUT2D eigenvalue weighted by atomic mass is 32.1. The SMILES string of the molecule is CCOCCCN=C1NC(=S)N=C2C=CC=CC21. The van der Waals surface area contributed by atoms with Gasteiger partial charge in [-0.1, -0.05) is 18.2 Å². The van der Waals surface area contributed by atoms with Gasteiger partial charge in [-0.3, -0.25) is 4.99 Å². The van der Waals surface area contributed by atoms with Gasteiger partial charge in [0.05, 0.1) is 11.6 Å². The van der Waals surface area contributed by atoms with Crippen LogP contribution >= 0.6 is 12.2 Å². The number of rotatable bonds is 5. The molecule has 1 atom stereocenters. The second-order valence-electron chi connectivity index (χ2n) is 4.01. The van der Waals surface area contributed by atoms with Crippen molar-refractivity contribution in [3.8, 4) is 0 Å². The minimum atomic E-state index is 0.119. The Morgan fingerprint density at radius 3 is 3.22 bits per heavy atom. The molecule has 0 radical (unpaired) electrons. The maximum Gasteiger partial charge on any atom is 0.198 e. The molecular formula is C13H17N3OS. The highest BCUT2D eigenvalue weighted by molar-refractivity contribution is 7.80. The van der Waals surface area contributed by atoms with E-state index in [0.717, 1.165) is 37.7 Å². The van der Waals surface area contributed by atoms with Crippen LogP contribution in [0.3, 0.4) is 0 Å². The number of aliphatic imine (C=N–C) groups is 2. The zero-order valence-electron chi connectivity index (χ0n) is 10.4. The van der Waals surface area contributed by atoms with Gasteiger partial charge in [-0.05, 0) is 31.6 Å². The summed E-state index contributed by atoms with van der Waals surface area (Å²) in [6.45, 7) is 4.24. The van der Waals surface area contributed by atoms with Crippen molar-refractivity contribution in [2.24, 2.45) is 15.9 Å². The van der Waals surface area contributed by atoms with Crippen molar-refractivity contribution in [1.82, 2.24) is 5.32 Å². The predicted octanol–water partition coefficient (Wildman–Crippen LogP) is 1.88. The summed E-state index contributed by atoms with van der Waals surface area (Å²) in [6.07, 6.45) is 8.96. The van der Waals surface area contributed by atoms with Gasteiger partial charge in [-0.2, -0.15) is 0 Å². The third-order valence-corrected chi connectivity index (χ3v) is 2.89. The smallest absolute Gasteiger partial charge is 0.198 e. The van der Waals surface area contributed by atoms with E-state index >= 15 is 0 Å². The second kappa shape index (κ2) is 6.56. The van der Waals surface area contributed by atoms with Crippen molar-refractivity contribution in [2.75, 3.05) is 19.8 Å². The molecule has 18 heavy (non-hydrogen) atoms. The molecule has 1 unspecified atom stereocenters. The van der Waals surface area contributed by atoms with Gasteiger partial charge in [-0.25, -0.2) is 4.99 Å². The third kappa shape index (κ3) is 3.34. The number of ether oxygens (including phenoxy) is 1. The molecule has 0 saturated heterocycles. The fourth-order valence-electron chi connectivity index (χ4n) is 1.85. The van der Waals surface area contributed by atoms with Gasteiger partial charge in [0.15, 0.2) is 5.11 Å². The fraction of sp³-hybridized carbons (Fsp3) is 0.462. The van der Waals surface area contributed by atoms with E-state index in [9.17, 15) is 0 Å². The topological polar surface area (TPSA) is 46.0 Å². The summed E-state index contributed by atoms with van der Waals surface area (Å²) in [4.78, 5) is 8.87. The molecule has 2 aliphatic rings. The molecular weight excluding hydrogens is 246 g/mol. The molecule has 0 amide bonds. The molecule has 1 N–H and O–H groups in total. The van der Waals surface area contributed by atoms with Crippen LogP contribution in [0, 0.1) is 5.92 Å². The average molecular weight is 263 g/mol. The lowest BCUT2D eigenvalue weighted by Gasteiger charge is -2.24. The maximum absolute atomic E-state index is 5.29. The van der Waals surface area contributed by atoms with E-state index in [4.69, 9.17) is 17.0 Å². The fourth-order valence-corrected chi connectivity index (χ4v) is 2.06. The summed E-state index contributed by atoms with van der Waals surface area (Å²) in [7, 11) is 0. The first-order valence-corrected chi connectivity index (χ1v) is 6.58. The van der Waals surface area contributed by atoms with Crippen molar-refractivity contribution in [2.45, 2.75) is 13.3 Å². The standard InChI is InChI=1S/C13H17N3OS/c1-2-17-9-5-8-14-12-10-6-3-4-7-11(10)15-13(18)16-12/h3-4,6-7,10H,2,5,8-9H2,1H3,(H,14,16,18). The van der Waals surface area contributed by atoms with Crippen molar-refractivity contribution in [3.63, 3.8) is 0 Å². The van der Waals surface area contributed by atoms with Gasteiger partial charge in [0, 0.05) is 19.8 Å². The zero-order chi connectivity index (χ0) is 12.8. The third-order valence-electron chi connectivity index (χ3n) is 2.69. The molecule has 0 aromatic carbocycles. The summed E-state index contributed by atoms with van der Waals surface area (Å²) in [5.41, 5.74) is 0.963. The number of amidine groups is 1. The first kappa shape index (κ1) is 13.1. The number of fused-ring (bicyclic) bond motifs is 1. The van der Waals surface area contributed by atoms with E-state index in [-0.39, 0.29) is 5.92 Å². The van der Waals surface area contributed by atoms with Crippen LogP contribution in [0.4, 0.5) is 0 Å². The second-order valence-corrected chi connectivity index (χ2v) is 4.39. The first-order chi connectivity index (χ1) is 8.81. The van der Waals surface area contributed by atoms with E-state index < -0.39 is 0 Å². The molecule has 1 heterocycles. The minimum Gasteiger partial charge on any atom is -0.382 e. The summed E-state index contributed by atoms with van der Waals surface area (Å²) in [5.74, 6) is 1.01. The van der Waals surface area contributed by atoms with Crippen LogP contribution in [0.5, 0.6) is 0 Å². The van der Waals surface area contributed by atoms with Gasteiger partial charge < -0.3 is 10.1 Å². The molecule has 1 aliphatic heterocycles. The lowest BCUT2D eigenvalue weighted by Crippen LogP contribution is -2.42. The Morgan fingerprint density at radius 1 is 1.50 bits per heavy atom. The normalized spacial score (nSPS) is 23.8. The quantitative estimate of drug-likeness (QED) is 0.608. The number of hydrogen-bond donors (Lipinski definition) is 1. The Morgan fingerprint density at radius 2 is 2.39 bits per heavy atom. The number of thiocarbonyl (C=S) groups is 1. The van der Waals surface area contributed by atoms with Crippen LogP contribution in [0.25, 0.3) is 0 Å². The molecule has 0 spiro atoms. The van der Waals surface area contributed by atoms with Gasteiger partial charge in [0.2, 0.25) is 0 Å². The minimum absolute atomic E-state index is 0.119. The van der Waals surface area contributed by atoms with Gasteiger partial charge in [-0.15, -0.1) is 0 Å². The molecule has 0 aromatic heterocycles. The van der Waals surface area contributed by atoms with Crippen molar-refractivity contribution < 1.29 is 4.74 Å². The maximum atomic E-state index is 5.29. The van der Waals surface area contributed by atoms with E-state index in [1.165, 1.54) is 0 Å². The van der Waals surface area contributed by atoms with Crippen molar-refractivity contribution in [1.29, 1.82) is 0 Å². The zero-order valence-corrected chi connectivity index (χ0v) is 11.2. The van der Waals surface area contributed by atoms with Crippen molar-refractivity contribution in [3.05, 3.63) is 24.3 Å². The van der Waals surface area contributed by atoms with E-state index in [0.29, 0.717) is 5.11 Å². The predicted molar refractivity (Wildman–Crippen MR) is 78.4 cm³/mol. The van der Waals surface area contributed by atoms with Crippen LogP contribution < -0.4 is 5.32 Å². The molecule has 96 valence electrons. The monoisotopic (exact) mass is 263 g/mol. The molecule has 2 rings (SSSR count). The Hall–Kier alpha value is -1.33. The van der Waals surface area contributed by atoms with Crippen LogP contribution in [-0.4, -0.2) is 36.4 Å². The Balaban J connectivity index is 1.98. The van der Waals surface area contributed by atoms with E-state index in [1.54, 1.807) is 0 Å². The number of hydrogen-bond acceptors (Lipinski definition) is 3. The van der Waals surface area contributed by atoms with E-state index in [2.05, 4.69) is 21.4 Å². The number of allylic oxidation sites excluding steroid dienone is 3. The van der Waals surface area contributed by atoms with E-state index in [1.807, 2.05) is 25.2 Å². The van der Waals surface area contributed by atoms with Gasteiger partial charge in [0.25, 0.3) is 0 Å². The summed E-state index contributed by atoms with van der Waals surface area (Å²) in [6, 6.07) is 0. The Bertz CT molecular complexity index is 438. The molecule has 5 heteroatoms. The molecule has 0 saturated carbocycles. The molecule has 0 bridgehead atoms. The largest absolute Gasteiger partial charge is 0.382 e. The Labute approximate surface area is 113 Å². The lowest BCUT2D eigenvalue weighted by molar-refractivity contribution is 0.146. The van der Waals surface area contributed by atoms with Crippen LogP contribution in [0.15, 0.2) is 34.3 Å². The van der Waals surface area contributed by atoms with Crippen LogP contribution in [0.2, 0.25) is 0 Å². The summed E-state index contributed by atoms with van der Waals surface area (Å²) in [5, 5.41) is 3.56. The molecule has 1 aliphatic carbocycles. The van der Waals surface area contributed by atoms with Crippen LogP contribution in [-0.2, 0) is 4.74 Å². The highest BCUT2D eigenvalue weighted by Crippen LogP contribution is 2.15. The summed E-state index contributed by atoms with van der Waals surface area (Å²) < 4.78 is 5.29. The average Bonchev–Trinajstić information content (AvgIpc) is 2.38. The Kier molecular flexibility index (Phi) is 4.78. The number of nitrogens with zero attached hydrogens (tertiary/aromatic N) is 2. The van der Waals surface area contributed by atoms with Gasteiger partial charge in [0.1, 0.15) is 5.84 Å². The molecule has 0 fully saturated rings. The molecule has 4 nitrogen and oxygen atoms in total.